The predicted molar refractivity (Wildman–Crippen MR) is 478 cm³/mol. The first-order chi connectivity index (χ1) is 46.7. The molecule has 7 atom stereocenters. The maximum atomic E-state index is 13.8. The van der Waals surface area contributed by atoms with Crippen molar-refractivity contribution in [3.05, 3.63) is 0 Å². The van der Waals surface area contributed by atoms with E-state index in [1.165, 1.54) is 19.6 Å². The molecule has 0 radical (unpaired) electrons. The first kappa shape index (κ1) is 108. The molecule has 0 rings (SSSR count). The van der Waals surface area contributed by atoms with Gasteiger partial charge < -0.3 is 205 Å². The predicted octanol–water partition coefficient (Wildman–Crippen LogP) is -44.7. The summed E-state index contributed by atoms with van der Waals surface area (Å²) in [7, 11) is -148. The Kier molecular flexibility index (Phi) is 51.6. The van der Waals surface area contributed by atoms with Crippen LogP contribution >= 0.6 is 0 Å². The minimum absolute atomic E-state index is 0.607. The van der Waals surface area contributed by atoms with Crippen LogP contribution in [0.25, 0.3) is 0 Å². The first-order valence-electron chi connectivity index (χ1n) is 30.1. The van der Waals surface area contributed by atoms with Crippen LogP contribution in [0, 0.1) is 0 Å². The minimum atomic E-state index is -8.05. The van der Waals surface area contributed by atoms with Gasteiger partial charge in [-0.2, -0.15) is 0 Å². The third kappa shape index (κ3) is 21.6. The summed E-state index contributed by atoms with van der Waals surface area (Å²) in [5.74, 6) is 0. The highest BCUT2D eigenvalue weighted by atomic mass is 30.5. The molecule has 0 heterocycles. The van der Waals surface area contributed by atoms with Gasteiger partial charge in [0.15, 0.2) is 127 Å². The fourth-order valence-corrected chi connectivity index (χ4v) is 919. The van der Waals surface area contributed by atoms with Gasteiger partial charge in [-0.25, -0.2) is 0 Å². The molecular formula is C9H112O45Si46. The van der Waals surface area contributed by atoms with Crippen LogP contribution in [-0.4, -0.2) is 541 Å². The van der Waals surface area contributed by atoms with Crippen LogP contribution in [-0.2, 0) is 70.3 Å². The van der Waals surface area contributed by atoms with Crippen molar-refractivity contribution in [3.8, 4) is 0 Å². The molecule has 45 nitrogen and oxygen atoms in total. The zero-order valence-corrected chi connectivity index (χ0v) is 116. The largest absolute Gasteiger partial charge is 0.442 e. The van der Waals surface area contributed by atoms with E-state index in [9.17, 15) is 134 Å². The molecule has 28 N–H and O–H groups in total. The monoisotopic (exact) mass is 2230 g/mol. The Bertz CT molecular complexity index is 2220. The van der Waals surface area contributed by atoms with E-state index in [-0.39, 0.29) is 0 Å². The van der Waals surface area contributed by atoms with Gasteiger partial charge in [0.1, 0.15) is 0 Å². The molecule has 0 fully saturated rings. The Labute approximate surface area is 656 Å². The topological polar surface area (TPSA) is 723 Å². The van der Waals surface area contributed by atoms with E-state index in [2.05, 4.69) is 0 Å². The maximum absolute atomic E-state index is 13.8. The van der Waals surface area contributed by atoms with Crippen molar-refractivity contribution in [2.24, 2.45) is 0 Å². The van der Waals surface area contributed by atoms with E-state index in [0.717, 1.165) is 20.2 Å². The van der Waals surface area contributed by atoms with Crippen molar-refractivity contribution >= 4 is 399 Å². The van der Waals surface area contributed by atoms with Crippen LogP contribution in [0.2, 0.25) is 52.4 Å². The van der Waals surface area contributed by atoms with Crippen molar-refractivity contribution in [2.75, 3.05) is 7.11 Å². The number of rotatable bonds is 61. The van der Waals surface area contributed by atoms with Crippen molar-refractivity contribution in [1.29, 1.82) is 0 Å². The molecule has 0 spiro atoms. The van der Waals surface area contributed by atoms with E-state index in [1.54, 1.807) is 19.6 Å². The molecule has 602 valence electrons. The summed E-state index contributed by atoms with van der Waals surface area (Å²) in [6.45, 7) is -47.4. The zero-order chi connectivity index (χ0) is 78.1. The molecule has 0 aromatic rings. The normalized spacial score (nSPS) is 25.9. The second-order valence-corrected chi connectivity index (χ2v) is 287. The summed E-state index contributed by atoms with van der Waals surface area (Å²) >= 11 is 0. The van der Waals surface area contributed by atoms with E-state index in [0.29, 0.717) is 0 Å². The zero-order valence-electron chi connectivity index (χ0n) is 57.5. The Morgan fingerprint density at radius 1 is 0.270 bits per heavy atom. The second kappa shape index (κ2) is 47.7. The van der Waals surface area contributed by atoms with Gasteiger partial charge in [0.05, 0.1) is 0 Å². The van der Waals surface area contributed by atoms with E-state index >= 15 is 0 Å². The van der Waals surface area contributed by atoms with Gasteiger partial charge in [-0.1, -0.05) is 0 Å². The standard InChI is InChI=1S/C9H112O45Si46/c1-38-86(9,55)98(48-83(3)37,94(74-28,75-29)44-61-15)100(96(78-32,79-33)46-63-17,53-89(68-22,69-23)41-58-12)91(50-85(7,8)49-84(4,5)6,54-90(92(70-24,71-25)42-59-13,93(72-26,73-27)43-60-14)51-87(64-18,65-19)39-56-10)99(95(76-30,77-31)45-62-16,52-88(66-20,67-21)40-57-11)97(80-34,81-35)47-82(2)36/h10-37,82-83H,56-81H2,1-9,55H3. The quantitative estimate of drug-likeness (QED) is 0.0251. The molecule has 0 aliphatic heterocycles. The van der Waals surface area contributed by atoms with Crippen molar-refractivity contribution in [2.45, 2.75) is 52.4 Å². The highest BCUT2D eigenvalue weighted by molar-refractivity contribution is 8.28. The molecule has 0 aromatic heterocycles. The third-order valence-electron chi connectivity index (χ3n) is 16.7. The van der Waals surface area contributed by atoms with Crippen LogP contribution in [0.3, 0.4) is 0 Å². The summed E-state index contributed by atoms with van der Waals surface area (Å²) in [6, 6.07) is 0. The molecule has 0 aromatic carbocycles. The summed E-state index contributed by atoms with van der Waals surface area (Å²) in [5.41, 5.74) is 0. The van der Waals surface area contributed by atoms with Gasteiger partial charge >= 0.3 is 65.1 Å². The Hall–Kier alpha value is 8.18. The van der Waals surface area contributed by atoms with E-state index in [1.807, 2.05) is 0 Å². The second-order valence-electron chi connectivity index (χ2n) is 24.3. The first-order valence-corrected chi connectivity index (χ1v) is 146. The van der Waals surface area contributed by atoms with E-state index < -0.39 is 399 Å². The lowest BCUT2D eigenvalue weighted by molar-refractivity contribution is 0.291. The highest BCUT2D eigenvalue weighted by Crippen LogP contribution is 2.57. The molecule has 0 saturated heterocycles. The molecule has 0 aliphatic rings. The molecule has 0 amide bonds. The molecule has 0 aliphatic carbocycles. The Morgan fingerprint density at radius 2 is 0.530 bits per heavy atom. The van der Waals surface area contributed by atoms with Crippen LogP contribution in [0.15, 0.2) is 0 Å². The number of hydrogen-bond acceptors (Lipinski definition) is 45. The van der Waals surface area contributed by atoms with Crippen LogP contribution in [0.5, 0.6) is 0 Å². The van der Waals surface area contributed by atoms with Gasteiger partial charge in [0.25, 0.3) is 108 Å². The lowest BCUT2D eigenvalue weighted by Crippen LogP contribution is -3.17. The smallest absolute Gasteiger partial charge is 0.338 e. The summed E-state index contributed by atoms with van der Waals surface area (Å²) < 4.78 is 124. The average Bonchev–Trinajstić information content (AvgIpc) is 0.629. The lowest BCUT2D eigenvalue weighted by Gasteiger charge is -2.74. The fourth-order valence-electron chi connectivity index (χ4n) is 12.6. The molecule has 7 unspecified atom stereocenters. The lowest BCUT2D eigenvalue weighted by atomic mass is 11.8. The molecule has 91 heteroatoms. The molecule has 0 bridgehead atoms. The third-order valence-corrected chi connectivity index (χ3v) is 499. The molecular weight excluding hydrogens is 2120 g/mol. The van der Waals surface area contributed by atoms with Gasteiger partial charge in [0.2, 0.25) is 90.0 Å². The Balaban J connectivity index is 15.7. The summed E-state index contributed by atoms with van der Waals surface area (Å²) in [4.78, 5) is 356. The summed E-state index contributed by atoms with van der Waals surface area (Å²) in [6.07, 6.45) is 0. The SMILES string of the molecule is CO[Si](C)([SiH3])[Si](O[SiH](C)O)([Si](O[SiH2]O)([SiH2]O)[SiH2]O)[Si](O[Si](O[SiH2]O)([SiH2]O)[SiH2]O)([Si](O[SiH2]O)([SiH2]O)[SiH2]O)[Si](O[Si](C)(C)O[Si](C)(C)C)(O[Si](O[Si](O[SiH2]O)([SiH2]O)[SiH2]O)([Si](O[SiH2]O)([SiH2]O)[SiH2]O)[Si](O[SiH2]O)([SiH2]O)[SiH2]O)[Si](O[Si](O[SiH2]O)([SiH2]O)[SiH2]O)([Si](O[SiH2]O)([SiH2]O)[SiH2]O)[Si](O[SiH](C)O)([SiH2]O)[SiH2]O. The fraction of sp³-hybridized carbons (Fsp3) is 1.00. The van der Waals surface area contributed by atoms with Gasteiger partial charge in [-0.15, -0.1) is 0 Å². The van der Waals surface area contributed by atoms with Crippen LogP contribution < -0.4 is 0 Å². The van der Waals surface area contributed by atoms with Crippen molar-refractivity contribution in [3.63, 3.8) is 0 Å². The maximum Gasteiger partial charge on any atom is 0.338 e. The average molecular weight is 2230 g/mol. The van der Waals surface area contributed by atoms with Gasteiger partial charge in [-0.3, -0.25) is 0 Å². The molecule has 0 saturated carbocycles. The van der Waals surface area contributed by atoms with Gasteiger partial charge in [0, 0.05) is 16.9 Å². The molecule has 100 heavy (non-hydrogen) atoms. The van der Waals surface area contributed by atoms with E-state index in [4.69, 9.17) is 70.3 Å². The summed E-state index contributed by atoms with van der Waals surface area (Å²) in [5, 5.41) is 0. The van der Waals surface area contributed by atoms with Crippen molar-refractivity contribution in [1.82, 2.24) is 0 Å². The minimum Gasteiger partial charge on any atom is -0.442 e. The van der Waals surface area contributed by atoms with Crippen LogP contribution in [0.4, 0.5) is 0 Å². The number of hydrogen-bond donors (Lipinski definition) is 28. The Morgan fingerprint density at radius 3 is 0.780 bits per heavy atom. The van der Waals surface area contributed by atoms with Gasteiger partial charge in [-0.05, 0) is 52.4 Å². The van der Waals surface area contributed by atoms with Crippen molar-refractivity contribution < 1.29 is 205 Å². The van der Waals surface area contributed by atoms with Crippen LogP contribution in [0.1, 0.15) is 0 Å². The highest BCUT2D eigenvalue weighted by Gasteiger charge is 3.03.